The van der Waals surface area contributed by atoms with Gasteiger partial charge in [0, 0.05) is 83.6 Å². The summed E-state index contributed by atoms with van der Waals surface area (Å²) in [7, 11) is 0. The van der Waals surface area contributed by atoms with Gasteiger partial charge in [-0.3, -0.25) is 14.5 Å². The molecule has 7 nitrogen and oxygen atoms in total. The molecule has 0 saturated carbocycles. The molecule has 0 aliphatic carbocycles. The van der Waals surface area contributed by atoms with Gasteiger partial charge in [-0.1, -0.05) is 91.9 Å². The van der Waals surface area contributed by atoms with E-state index in [4.69, 9.17) is 0 Å². The minimum Gasteiger partial charge on any atom is -0.369 e. The molecule has 2 heterocycles. The Labute approximate surface area is 310 Å². The quantitative estimate of drug-likeness (QED) is 0.150. The molecule has 2 saturated heterocycles. The van der Waals surface area contributed by atoms with Gasteiger partial charge in [0.1, 0.15) is 6.04 Å². The standard InChI is InChI=1S/C43H48F3N5O2/c1-2-47-23-27-49(28-24-47)39-20-15-37(16-21-39)33-51(41(52)22-17-34-13-18-38(19-14-34)43(44,45)46)40(31-35-9-5-3-6-10-35)42(53)50-29-25-48(26-30-50)32-36-11-7-4-8-12-36/h3-22,40H,2,23-33H2,1H3/b22-17+/t40-/m0/s1. The lowest BCUT2D eigenvalue weighted by Gasteiger charge is -2.39. The van der Waals surface area contributed by atoms with Crippen molar-refractivity contribution in [3.05, 3.63) is 143 Å². The Morgan fingerprint density at radius 3 is 1.87 bits per heavy atom. The fourth-order valence-corrected chi connectivity index (χ4v) is 7.07. The number of amides is 2. The van der Waals surface area contributed by atoms with Crippen LogP contribution in [0.4, 0.5) is 18.9 Å². The molecule has 2 aliphatic heterocycles. The van der Waals surface area contributed by atoms with Gasteiger partial charge in [-0.15, -0.1) is 0 Å². The van der Waals surface area contributed by atoms with E-state index in [0.717, 1.165) is 68.2 Å². The average Bonchev–Trinajstić information content (AvgIpc) is 3.19. The first kappa shape index (κ1) is 37.8. The Bertz CT molecular complexity index is 1780. The average molecular weight is 724 g/mol. The van der Waals surface area contributed by atoms with Gasteiger partial charge in [0.15, 0.2) is 0 Å². The lowest BCUT2D eigenvalue weighted by molar-refractivity contribution is -0.145. The first-order chi connectivity index (χ1) is 25.7. The highest BCUT2D eigenvalue weighted by atomic mass is 19.4. The van der Waals surface area contributed by atoms with Gasteiger partial charge in [-0.25, -0.2) is 0 Å². The fraction of sp³-hybridized carbons (Fsp3) is 0.349. The lowest BCUT2D eigenvalue weighted by atomic mass is 10.0. The maximum Gasteiger partial charge on any atom is 0.416 e. The van der Waals surface area contributed by atoms with Crippen LogP contribution in [0.2, 0.25) is 0 Å². The van der Waals surface area contributed by atoms with Crippen molar-refractivity contribution in [3.63, 3.8) is 0 Å². The third-order valence-corrected chi connectivity index (χ3v) is 10.3. The molecule has 1 atom stereocenters. The van der Waals surface area contributed by atoms with Gasteiger partial charge < -0.3 is 19.6 Å². The maximum absolute atomic E-state index is 14.6. The van der Waals surface area contributed by atoms with Crippen LogP contribution in [0.15, 0.2) is 115 Å². The van der Waals surface area contributed by atoms with E-state index >= 15 is 0 Å². The molecule has 0 spiro atoms. The highest BCUT2D eigenvalue weighted by Gasteiger charge is 2.34. The molecule has 2 aliphatic rings. The van der Waals surface area contributed by atoms with E-state index in [1.54, 1.807) is 4.90 Å². The van der Waals surface area contributed by atoms with E-state index in [2.05, 4.69) is 45.9 Å². The second-order valence-corrected chi connectivity index (χ2v) is 13.8. The maximum atomic E-state index is 14.6. The zero-order chi connectivity index (χ0) is 37.2. The molecule has 278 valence electrons. The van der Waals surface area contributed by atoms with E-state index in [0.29, 0.717) is 38.2 Å². The molecule has 0 N–H and O–H groups in total. The molecule has 6 rings (SSSR count). The predicted molar refractivity (Wildman–Crippen MR) is 204 cm³/mol. The summed E-state index contributed by atoms with van der Waals surface area (Å²) in [6.45, 7) is 10.6. The van der Waals surface area contributed by atoms with Crippen LogP contribution in [0.3, 0.4) is 0 Å². The third kappa shape index (κ3) is 10.4. The second-order valence-electron chi connectivity index (χ2n) is 13.8. The number of hydrogen-bond donors (Lipinski definition) is 0. The van der Waals surface area contributed by atoms with Crippen LogP contribution in [0.1, 0.15) is 34.7 Å². The summed E-state index contributed by atoms with van der Waals surface area (Å²) in [5, 5.41) is 0. The summed E-state index contributed by atoms with van der Waals surface area (Å²) in [5.41, 5.74) is 3.86. The molecule has 0 aromatic heterocycles. The van der Waals surface area contributed by atoms with Crippen molar-refractivity contribution in [2.24, 2.45) is 0 Å². The van der Waals surface area contributed by atoms with Gasteiger partial charge in [-0.05, 0) is 59.1 Å². The number of likely N-dealkylation sites (N-methyl/N-ethyl adjacent to an activating group) is 1. The molecule has 0 unspecified atom stereocenters. The number of carbonyl (C=O) groups excluding carboxylic acids is 2. The van der Waals surface area contributed by atoms with Crippen molar-refractivity contribution in [1.82, 2.24) is 19.6 Å². The number of rotatable bonds is 12. The second kappa shape index (κ2) is 17.7. The number of piperazine rings is 2. The number of nitrogens with zero attached hydrogens (tertiary/aromatic N) is 5. The number of carbonyl (C=O) groups is 2. The van der Waals surface area contributed by atoms with E-state index < -0.39 is 17.8 Å². The molecule has 2 amide bonds. The molecule has 4 aromatic rings. The van der Waals surface area contributed by atoms with Crippen molar-refractivity contribution in [3.8, 4) is 0 Å². The van der Waals surface area contributed by atoms with Crippen LogP contribution in [-0.2, 0) is 35.3 Å². The Morgan fingerprint density at radius 2 is 1.28 bits per heavy atom. The van der Waals surface area contributed by atoms with E-state index in [9.17, 15) is 22.8 Å². The smallest absolute Gasteiger partial charge is 0.369 e. The molecule has 0 bridgehead atoms. The fourth-order valence-electron chi connectivity index (χ4n) is 7.07. The van der Waals surface area contributed by atoms with Gasteiger partial charge >= 0.3 is 6.18 Å². The zero-order valence-corrected chi connectivity index (χ0v) is 30.3. The van der Waals surface area contributed by atoms with Gasteiger partial charge in [0.2, 0.25) is 11.8 Å². The summed E-state index contributed by atoms with van der Waals surface area (Å²) >= 11 is 0. The Hall–Kier alpha value is -4.93. The number of hydrogen-bond acceptors (Lipinski definition) is 5. The number of halogens is 3. The van der Waals surface area contributed by atoms with Crippen molar-refractivity contribution >= 4 is 23.6 Å². The van der Waals surface area contributed by atoms with Crippen LogP contribution < -0.4 is 4.90 Å². The Kier molecular flexibility index (Phi) is 12.6. The first-order valence-electron chi connectivity index (χ1n) is 18.5. The van der Waals surface area contributed by atoms with Crippen LogP contribution >= 0.6 is 0 Å². The van der Waals surface area contributed by atoms with E-state index in [1.807, 2.05) is 65.6 Å². The molecule has 10 heteroatoms. The molecule has 4 aromatic carbocycles. The largest absolute Gasteiger partial charge is 0.416 e. The molecule has 2 fully saturated rings. The number of alkyl halides is 3. The number of anilines is 1. The summed E-state index contributed by atoms with van der Waals surface area (Å²) < 4.78 is 39.6. The van der Waals surface area contributed by atoms with Crippen molar-refractivity contribution < 1.29 is 22.8 Å². The first-order valence-corrected chi connectivity index (χ1v) is 18.5. The van der Waals surface area contributed by atoms with Crippen molar-refractivity contribution in [1.29, 1.82) is 0 Å². The monoisotopic (exact) mass is 723 g/mol. The Balaban J connectivity index is 1.25. The van der Waals surface area contributed by atoms with Crippen LogP contribution in [0.25, 0.3) is 6.08 Å². The molecule has 53 heavy (non-hydrogen) atoms. The van der Waals surface area contributed by atoms with Gasteiger partial charge in [-0.2, -0.15) is 13.2 Å². The van der Waals surface area contributed by atoms with Gasteiger partial charge in [0.05, 0.1) is 5.56 Å². The summed E-state index contributed by atoms with van der Waals surface area (Å²) in [5.74, 6) is -0.503. The third-order valence-electron chi connectivity index (χ3n) is 10.3. The highest BCUT2D eigenvalue weighted by molar-refractivity contribution is 5.95. The highest BCUT2D eigenvalue weighted by Crippen LogP contribution is 2.29. The van der Waals surface area contributed by atoms with E-state index in [-0.39, 0.29) is 18.4 Å². The SMILES string of the molecule is CCN1CCN(c2ccc(CN(C(=O)/C=C/c3ccc(C(F)(F)F)cc3)[C@@H](Cc3ccccc3)C(=O)N3CCN(Cc4ccccc4)CC3)cc2)CC1. The van der Waals surface area contributed by atoms with Crippen molar-refractivity contribution in [2.45, 2.75) is 38.7 Å². The normalized spacial score (nSPS) is 16.5. The Morgan fingerprint density at radius 1 is 0.698 bits per heavy atom. The van der Waals surface area contributed by atoms with Crippen LogP contribution in [0, 0.1) is 0 Å². The minimum atomic E-state index is -4.45. The molecule has 0 radical (unpaired) electrons. The van der Waals surface area contributed by atoms with Crippen molar-refractivity contribution in [2.75, 3.05) is 63.8 Å². The topological polar surface area (TPSA) is 50.3 Å². The van der Waals surface area contributed by atoms with Gasteiger partial charge in [0.25, 0.3) is 0 Å². The summed E-state index contributed by atoms with van der Waals surface area (Å²) in [6.07, 6.45) is -1.25. The molecular formula is C43H48F3N5O2. The summed E-state index contributed by atoms with van der Waals surface area (Å²) in [4.78, 5) is 39.5. The minimum absolute atomic E-state index is 0.116. The van der Waals surface area contributed by atoms with E-state index in [1.165, 1.54) is 29.8 Å². The number of benzene rings is 4. The predicted octanol–water partition coefficient (Wildman–Crippen LogP) is 6.85. The zero-order valence-electron chi connectivity index (χ0n) is 30.3. The van der Waals surface area contributed by atoms with Crippen LogP contribution in [0.5, 0.6) is 0 Å². The lowest BCUT2D eigenvalue weighted by Crippen LogP contribution is -2.56. The van der Waals surface area contributed by atoms with Crippen LogP contribution in [-0.4, -0.2) is 96.4 Å². The molecular weight excluding hydrogens is 675 g/mol. The summed E-state index contributed by atoms with van der Waals surface area (Å²) in [6, 6.07) is 32.1.